The van der Waals surface area contributed by atoms with Gasteiger partial charge in [0.2, 0.25) is 5.78 Å². The lowest BCUT2D eigenvalue weighted by atomic mass is 9.74. The topological polar surface area (TPSA) is 97.4 Å². The number of Topliss-reactive ketones (excluding diaryl/α,β-unsaturated/α-hetero) is 1. The Morgan fingerprint density at radius 2 is 1.94 bits per heavy atom. The summed E-state index contributed by atoms with van der Waals surface area (Å²) in [5.41, 5.74) is 12.3. The number of ketones is 1. The van der Waals surface area contributed by atoms with Crippen molar-refractivity contribution in [2.75, 3.05) is 18.0 Å². The molecule has 0 unspecified atom stereocenters. The maximum Gasteiger partial charge on any atom is 0.213 e. The first-order chi connectivity index (χ1) is 15.1. The molecule has 3 aromatic rings. The lowest BCUT2D eigenvalue weighted by Gasteiger charge is -2.42. The van der Waals surface area contributed by atoms with Gasteiger partial charge in [-0.3, -0.25) is 9.79 Å². The quantitative estimate of drug-likeness (QED) is 0.642. The minimum Gasteiger partial charge on any atom is -0.355 e. The van der Waals surface area contributed by atoms with Gasteiger partial charge in [-0.2, -0.15) is 0 Å². The van der Waals surface area contributed by atoms with Gasteiger partial charge in [0.1, 0.15) is 17.2 Å². The number of hydrogen-bond acceptors (Lipinski definition) is 8. The van der Waals surface area contributed by atoms with Crippen molar-refractivity contribution in [2.45, 2.75) is 31.8 Å². The number of thiazole rings is 1. The van der Waals surface area contributed by atoms with Crippen LogP contribution in [0, 0.1) is 5.41 Å². The number of anilines is 1. The first kappa shape index (κ1) is 18.8. The molecule has 1 aromatic carbocycles. The SMILES string of the molecule is N[C@@H]1c2scnc2CC12CCN(c1cnc3c(n1)CN=C3C(=O)c1ccccc1)CC2. The standard InChI is InChI=1S/C23H22N6OS/c24-22-21-15(27-13-31-21)10-23(22)6-8-29(9-7-23)17-12-26-18-16(28-17)11-25-19(18)20(30)14-4-2-1-3-5-14/h1-5,12-13,22H,6-11,24H2/t22-/m1/s1. The Kier molecular flexibility index (Phi) is 4.26. The predicted molar refractivity (Wildman–Crippen MR) is 120 cm³/mol. The van der Waals surface area contributed by atoms with E-state index >= 15 is 0 Å². The lowest BCUT2D eigenvalue weighted by molar-refractivity contribution is 0.106. The van der Waals surface area contributed by atoms with Crippen LogP contribution in [-0.4, -0.2) is 39.5 Å². The van der Waals surface area contributed by atoms with Gasteiger partial charge in [-0.1, -0.05) is 30.3 Å². The van der Waals surface area contributed by atoms with Gasteiger partial charge in [0, 0.05) is 29.6 Å². The lowest BCUT2D eigenvalue weighted by Crippen LogP contribution is -2.44. The molecule has 1 fully saturated rings. The van der Waals surface area contributed by atoms with E-state index < -0.39 is 0 Å². The highest BCUT2D eigenvalue weighted by molar-refractivity contribution is 7.09. The Labute approximate surface area is 184 Å². The van der Waals surface area contributed by atoms with Crippen LogP contribution in [0.2, 0.25) is 0 Å². The second kappa shape index (κ2) is 7.03. The second-order valence-corrected chi connectivity index (χ2v) is 9.44. The molecule has 31 heavy (non-hydrogen) atoms. The van der Waals surface area contributed by atoms with Gasteiger partial charge >= 0.3 is 0 Å². The number of carbonyl (C=O) groups excluding carboxylic acids is 1. The largest absolute Gasteiger partial charge is 0.355 e. The zero-order chi connectivity index (χ0) is 21.0. The molecule has 0 radical (unpaired) electrons. The number of aliphatic imine (C=N–C) groups is 1. The first-order valence-corrected chi connectivity index (χ1v) is 11.5. The number of benzene rings is 1. The number of piperidine rings is 1. The molecule has 0 saturated carbocycles. The van der Waals surface area contributed by atoms with E-state index in [1.54, 1.807) is 29.7 Å². The highest BCUT2D eigenvalue weighted by atomic mass is 32.1. The van der Waals surface area contributed by atoms with E-state index in [-0.39, 0.29) is 17.2 Å². The summed E-state index contributed by atoms with van der Waals surface area (Å²) in [7, 11) is 0. The van der Waals surface area contributed by atoms with E-state index in [0.717, 1.165) is 43.9 Å². The number of fused-ring (bicyclic) bond motifs is 2. The number of nitrogens with two attached hydrogens (primary N) is 1. The molecule has 0 amide bonds. The molecule has 4 heterocycles. The van der Waals surface area contributed by atoms with Crippen molar-refractivity contribution < 1.29 is 4.79 Å². The maximum absolute atomic E-state index is 12.8. The number of rotatable bonds is 3. The molecule has 1 spiro atoms. The molecule has 2 N–H and O–H groups in total. The number of aromatic nitrogens is 3. The van der Waals surface area contributed by atoms with Crippen LogP contribution in [0.3, 0.4) is 0 Å². The van der Waals surface area contributed by atoms with Gasteiger partial charge < -0.3 is 10.6 Å². The minimum atomic E-state index is -0.0994. The molecule has 8 heteroatoms. The Bertz CT molecular complexity index is 1200. The second-order valence-electron chi connectivity index (χ2n) is 8.55. The molecule has 2 aromatic heterocycles. The average molecular weight is 431 g/mol. The van der Waals surface area contributed by atoms with Gasteiger partial charge in [0.25, 0.3) is 0 Å². The Morgan fingerprint density at radius 3 is 2.71 bits per heavy atom. The van der Waals surface area contributed by atoms with E-state index in [2.05, 4.69) is 19.9 Å². The highest BCUT2D eigenvalue weighted by Gasteiger charge is 2.47. The summed E-state index contributed by atoms with van der Waals surface area (Å²) in [6, 6.07) is 9.29. The van der Waals surface area contributed by atoms with E-state index in [0.29, 0.717) is 23.5 Å². The van der Waals surface area contributed by atoms with Crippen molar-refractivity contribution in [3.63, 3.8) is 0 Å². The fraction of sp³-hybridized carbons (Fsp3) is 0.348. The van der Waals surface area contributed by atoms with Crippen LogP contribution in [0.4, 0.5) is 5.82 Å². The Hall–Kier alpha value is -2.97. The van der Waals surface area contributed by atoms with Crippen LogP contribution in [0.1, 0.15) is 51.2 Å². The molecular formula is C23H22N6OS. The molecular weight excluding hydrogens is 408 g/mol. The summed E-state index contributed by atoms with van der Waals surface area (Å²) in [5.74, 6) is 0.759. The number of carbonyl (C=O) groups is 1. The third kappa shape index (κ3) is 2.93. The number of nitrogens with zero attached hydrogens (tertiary/aromatic N) is 5. The van der Waals surface area contributed by atoms with Crippen LogP contribution in [0.5, 0.6) is 0 Å². The van der Waals surface area contributed by atoms with Crippen molar-refractivity contribution >= 4 is 28.6 Å². The van der Waals surface area contributed by atoms with E-state index in [9.17, 15) is 4.79 Å². The summed E-state index contributed by atoms with van der Waals surface area (Å²) in [6.07, 6.45) is 4.80. The summed E-state index contributed by atoms with van der Waals surface area (Å²) >= 11 is 1.69. The first-order valence-electron chi connectivity index (χ1n) is 10.6. The van der Waals surface area contributed by atoms with Crippen molar-refractivity contribution in [2.24, 2.45) is 16.1 Å². The average Bonchev–Trinajstić information content (AvgIpc) is 3.50. The summed E-state index contributed by atoms with van der Waals surface area (Å²) in [5, 5.41) is 0. The van der Waals surface area contributed by atoms with Crippen LogP contribution in [0.25, 0.3) is 0 Å². The third-order valence-electron chi connectivity index (χ3n) is 6.91. The Balaban J connectivity index is 1.18. The monoisotopic (exact) mass is 430 g/mol. The van der Waals surface area contributed by atoms with E-state index in [1.807, 2.05) is 23.7 Å². The fourth-order valence-electron chi connectivity index (χ4n) is 5.07. The molecule has 0 bridgehead atoms. The smallest absolute Gasteiger partial charge is 0.213 e. The van der Waals surface area contributed by atoms with Gasteiger partial charge in [-0.15, -0.1) is 11.3 Å². The van der Waals surface area contributed by atoms with Crippen LogP contribution >= 0.6 is 11.3 Å². The highest BCUT2D eigenvalue weighted by Crippen LogP contribution is 2.51. The van der Waals surface area contributed by atoms with Crippen molar-refractivity contribution in [3.8, 4) is 0 Å². The maximum atomic E-state index is 12.8. The zero-order valence-electron chi connectivity index (χ0n) is 17.0. The van der Waals surface area contributed by atoms with Gasteiger partial charge in [-0.05, 0) is 24.7 Å². The molecule has 3 aliphatic rings. The molecule has 6 rings (SSSR count). The predicted octanol–water partition coefficient (Wildman–Crippen LogP) is 2.96. The normalized spacial score (nSPS) is 21.1. The molecule has 1 aliphatic carbocycles. The molecule has 156 valence electrons. The van der Waals surface area contributed by atoms with Gasteiger partial charge in [0.05, 0.1) is 29.6 Å². The van der Waals surface area contributed by atoms with E-state index in [4.69, 9.17) is 10.7 Å². The van der Waals surface area contributed by atoms with Crippen LogP contribution in [-0.2, 0) is 13.0 Å². The molecule has 2 aliphatic heterocycles. The molecule has 7 nitrogen and oxygen atoms in total. The number of hydrogen-bond donors (Lipinski definition) is 1. The summed E-state index contributed by atoms with van der Waals surface area (Å²) in [4.78, 5) is 34.8. The van der Waals surface area contributed by atoms with Crippen LogP contribution < -0.4 is 10.6 Å². The van der Waals surface area contributed by atoms with E-state index in [1.165, 1.54) is 10.6 Å². The van der Waals surface area contributed by atoms with Crippen LogP contribution in [0.15, 0.2) is 47.0 Å². The third-order valence-corrected chi connectivity index (χ3v) is 7.87. The minimum absolute atomic E-state index is 0.0863. The van der Waals surface area contributed by atoms with Gasteiger partial charge in [0.15, 0.2) is 0 Å². The zero-order valence-corrected chi connectivity index (χ0v) is 17.8. The fourth-order valence-corrected chi connectivity index (χ4v) is 6.02. The van der Waals surface area contributed by atoms with Crippen molar-refractivity contribution in [3.05, 3.63) is 69.6 Å². The summed E-state index contributed by atoms with van der Waals surface area (Å²) < 4.78 is 0. The summed E-state index contributed by atoms with van der Waals surface area (Å²) in [6.45, 7) is 2.19. The molecule has 1 atom stereocenters. The Morgan fingerprint density at radius 1 is 1.13 bits per heavy atom. The van der Waals surface area contributed by atoms with Crippen molar-refractivity contribution in [1.82, 2.24) is 15.0 Å². The molecule has 1 saturated heterocycles. The van der Waals surface area contributed by atoms with Gasteiger partial charge in [-0.25, -0.2) is 15.0 Å². The van der Waals surface area contributed by atoms with Crippen molar-refractivity contribution in [1.29, 1.82) is 0 Å².